The SMILES string of the molecule is Fc1ccc(Br)cc1C1(CCl)COC1. The maximum atomic E-state index is 13.5. The predicted octanol–water partition coefficient (Wildman–Crippen LogP) is 3.10. The molecule has 1 nitrogen and oxygen atoms in total. The molecule has 2 rings (SSSR count). The predicted molar refractivity (Wildman–Crippen MR) is 57.3 cm³/mol. The molecule has 1 aliphatic rings. The summed E-state index contributed by atoms with van der Waals surface area (Å²) in [5.41, 5.74) is 0.322. The Kier molecular flexibility index (Phi) is 2.82. The summed E-state index contributed by atoms with van der Waals surface area (Å²) in [6.45, 7) is 1.01. The van der Waals surface area contributed by atoms with Gasteiger partial charge >= 0.3 is 0 Å². The van der Waals surface area contributed by atoms with E-state index in [4.69, 9.17) is 16.3 Å². The Morgan fingerprint density at radius 2 is 2.21 bits per heavy atom. The number of alkyl halides is 1. The highest BCUT2D eigenvalue weighted by atomic mass is 79.9. The summed E-state index contributed by atoms with van der Waals surface area (Å²) in [7, 11) is 0. The zero-order valence-electron chi connectivity index (χ0n) is 7.40. The molecule has 1 aromatic rings. The average molecular weight is 280 g/mol. The molecule has 1 fully saturated rings. The molecule has 0 unspecified atom stereocenters. The monoisotopic (exact) mass is 278 g/mol. The van der Waals surface area contributed by atoms with Crippen molar-refractivity contribution in [2.45, 2.75) is 5.41 Å². The van der Waals surface area contributed by atoms with Crippen LogP contribution in [0.5, 0.6) is 0 Å². The number of ether oxygens (including phenoxy) is 1. The molecular formula is C10H9BrClFO. The van der Waals surface area contributed by atoms with Crippen LogP contribution < -0.4 is 0 Å². The van der Waals surface area contributed by atoms with Crippen molar-refractivity contribution in [1.29, 1.82) is 0 Å². The van der Waals surface area contributed by atoms with E-state index in [1.807, 2.05) is 0 Å². The van der Waals surface area contributed by atoms with E-state index in [-0.39, 0.29) is 11.2 Å². The van der Waals surface area contributed by atoms with E-state index in [0.29, 0.717) is 24.7 Å². The minimum atomic E-state index is -0.324. The molecule has 0 radical (unpaired) electrons. The molecule has 1 aliphatic heterocycles. The lowest BCUT2D eigenvalue weighted by Crippen LogP contribution is -2.49. The van der Waals surface area contributed by atoms with Crippen molar-refractivity contribution in [1.82, 2.24) is 0 Å². The summed E-state index contributed by atoms with van der Waals surface area (Å²) in [4.78, 5) is 0. The second-order valence-electron chi connectivity index (χ2n) is 3.53. The Morgan fingerprint density at radius 3 is 2.71 bits per heavy atom. The van der Waals surface area contributed by atoms with E-state index in [9.17, 15) is 4.39 Å². The Bertz CT molecular complexity index is 346. The molecule has 1 aromatic carbocycles. The van der Waals surface area contributed by atoms with E-state index in [2.05, 4.69) is 15.9 Å². The first-order valence-electron chi connectivity index (χ1n) is 4.27. The third kappa shape index (κ3) is 1.58. The van der Waals surface area contributed by atoms with Crippen LogP contribution in [0.3, 0.4) is 0 Å². The maximum Gasteiger partial charge on any atom is 0.127 e. The topological polar surface area (TPSA) is 9.23 Å². The van der Waals surface area contributed by atoms with Crippen molar-refractivity contribution in [3.05, 3.63) is 34.1 Å². The van der Waals surface area contributed by atoms with Crippen molar-refractivity contribution in [2.75, 3.05) is 19.1 Å². The molecule has 1 saturated heterocycles. The highest BCUT2D eigenvalue weighted by Gasteiger charge is 2.41. The normalized spacial score (nSPS) is 19.1. The number of benzene rings is 1. The Hall–Kier alpha value is -0.120. The molecule has 0 N–H and O–H groups in total. The van der Waals surface area contributed by atoms with Gasteiger partial charge in [0.05, 0.1) is 18.6 Å². The van der Waals surface area contributed by atoms with Crippen LogP contribution >= 0.6 is 27.5 Å². The Morgan fingerprint density at radius 1 is 1.50 bits per heavy atom. The second-order valence-corrected chi connectivity index (χ2v) is 4.71. The molecule has 4 heteroatoms. The van der Waals surface area contributed by atoms with E-state index < -0.39 is 0 Å². The molecule has 0 aromatic heterocycles. The summed E-state index contributed by atoms with van der Waals surface area (Å²) in [6.07, 6.45) is 0. The average Bonchev–Trinajstić information content (AvgIpc) is 2.10. The number of hydrogen-bond acceptors (Lipinski definition) is 1. The van der Waals surface area contributed by atoms with Gasteiger partial charge in [0.15, 0.2) is 0 Å². The lowest BCUT2D eigenvalue weighted by molar-refractivity contribution is -0.0495. The first-order chi connectivity index (χ1) is 6.68. The van der Waals surface area contributed by atoms with Crippen LogP contribution in [0.15, 0.2) is 22.7 Å². The van der Waals surface area contributed by atoms with Crippen LogP contribution in [0.1, 0.15) is 5.56 Å². The summed E-state index contributed by atoms with van der Waals surface area (Å²) in [5, 5.41) is 0. The van der Waals surface area contributed by atoms with E-state index in [1.54, 1.807) is 12.1 Å². The van der Waals surface area contributed by atoms with Gasteiger partial charge in [-0.25, -0.2) is 4.39 Å². The van der Waals surface area contributed by atoms with Gasteiger partial charge in [-0.05, 0) is 18.2 Å². The van der Waals surface area contributed by atoms with Gasteiger partial charge in [-0.2, -0.15) is 0 Å². The van der Waals surface area contributed by atoms with Crippen LogP contribution in [0.2, 0.25) is 0 Å². The molecule has 0 atom stereocenters. The van der Waals surface area contributed by atoms with Crippen molar-refractivity contribution < 1.29 is 9.13 Å². The number of halogens is 3. The van der Waals surface area contributed by atoms with Gasteiger partial charge in [0.25, 0.3) is 0 Å². The first kappa shape index (κ1) is 10.4. The van der Waals surface area contributed by atoms with Gasteiger partial charge in [-0.3, -0.25) is 0 Å². The molecular weight excluding hydrogens is 270 g/mol. The van der Waals surface area contributed by atoms with E-state index in [0.717, 1.165) is 4.47 Å². The summed E-state index contributed by atoms with van der Waals surface area (Å²) >= 11 is 9.18. The van der Waals surface area contributed by atoms with Gasteiger partial charge in [0.1, 0.15) is 5.82 Å². The van der Waals surface area contributed by atoms with E-state index >= 15 is 0 Å². The number of hydrogen-bond donors (Lipinski definition) is 0. The van der Waals surface area contributed by atoms with Crippen molar-refractivity contribution in [3.63, 3.8) is 0 Å². The minimum Gasteiger partial charge on any atom is -0.379 e. The quantitative estimate of drug-likeness (QED) is 0.756. The highest BCUT2D eigenvalue weighted by molar-refractivity contribution is 9.10. The van der Waals surface area contributed by atoms with Crippen LogP contribution in [-0.2, 0) is 10.2 Å². The van der Waals surface area contributed by atoms with Crippen molar-refractivity contribution in [3.8, 4) is 0 Å². The molecule has 1 heterocycles. The fraction of sp³-hybridized carbons (Fsp3) is 0.400. The Labute approximate surface area is 95.3 Å². The summed E-state index contributed by atoms with van der Waals surface area (Å²) < 4.78 is 19.5. The number of rotatable bonds is 2. The zero-order valence-corrected chi connectivity index (χ0v) is 9.74. The lowest BCUT2D eigenvalue weighted by atomic mass is 9.80. The molecule has 0 aliphatic carbocycles. The minimum absolute atomic E-state index is 0.211. The zero-order chi connectivity index (χ0) is 10.2. The van der Waals surface area contributed by atoms with Crippen LogP contribution in [0.25, 0.3) is 0 Å². The van der Waals surface area contributed by atoms with Gasteiger partial charge in [-0.1, -0.05) is 15.9 Å². The fourth-order valence-electron chi connectivity index (χ4n) is 1.56. The largest absolute Gasteiger partial charge is 0.379 e. The summed E-state index contributed by atoms with van der Waals surface area (Å²) in [6, 6.07) is 4.91. The summed E-state index contributed by atoms with van der Waals surface area (Å²) in [5.74, 6) is 0.178. The van der Waals surface area contributed by atoms with Gasteiger partial charge in [0, 0.05) is 15.9 Å². The van der Waals surface area contributed by atoms with Crippen LogP contribution in [-0.4, -0.2) is 19.1 Å². The third-order valence-electron chi connectivity index (χ3n) is 2.51. The van der Waals surface area contributed by atoms with Crippen LogP contribution in [0.4, 0.5) is 4.39 Å². The smallest absolute Gasteiger partial charge is 0.127 e. The molecule has 0 spiro atoms. The maximum absolute atomic E-state index is 13.5. The first-order valence-corrected chi connectivity index (χ1v) is 5.60. The molecule has 0 saturated carbocycles. The second kappa shape index (κ2) is 3.80. The standard InChI is InChI=1S/C10H9BrClFO/c11-7-1-2-9(13)8(3-7)10(4-12)5-14-6-10/h1-3H,4-6H2. The van der Waals surface area contributed by atoms with Crippen molar-refractivity contribution >= 4 is 27.5 Å². The van der Waals surface area contributed by atoms with Gasteiger partial charge < -0.3 is 4.74 Å². The Balaban J connectivity index is 2.43. The molecule has 76 valence electrons. The lowest BCUT2D eigenvalue weighted by Gasteiger charge is -2.40. The van der Waals surface area contributed by atoms with Gasteiger partial charge in [0.2, 0.25) is 0 Å². The molecule has 0 bridgehead atoms. The third-order valence-corrected chi connectivity index (χ3v) is 3.52. The fourth-order valence-corrected chi connectivity index (χ4v) is 2.22. The van der Waals surface area contributed by atoms with Crippen LogP contribution in [0, 0.1) is 5.82 Å². The van der Waals surface area contributed by atoms with Crippen molar-refractivity contribution in [2.24, 2.45) is 0 Å². The molecule has 14 heavy (non-hydrogen) atoms. The highest BCUT2D eigenvalue weighted by Crippen LogP contribution is 2.36. The molecule has 0 amide bonds. The van der Waals surface area contributed by atoms with E-state index in [1.165, 1.54) is 6.07 Å². The van der Waals surface area contributed by atoms with Gasteiger partial charge in [-0.15, -0.1) is 11.6 Å².